The van der Waals surface area contributed by atoms with Crippen LogP contribution in [0, 0.1) is 0 Å². The number of benzene rings is 1. The van der Waals surface area contributed by atoms with Crippen LogP contribution in [0.1, 0.15) is 0 Å². The summed E-state index contributed by atoms with van der Waals surface area (Å²) in [6.45, 7) is -0.115. The number of hydrogen-bond donors (Lipinski definition) is 3. The summed E-state index contributed by atoms with van der Waals surface area (Å²) in [7, 11) is -7.90. The van der Waals surface area contributed by atoms with Gasteiger partial charge in [-0.15, -0.1) is 15.0 Å². The Morgan fingerprint density at radius 2 is 1.75 bits per heavy atom. The van der Waals surface area contributed by atoms with E-state index in [-0.39, 0.29) is 45.1 Å². The van der Waals surface area contributed by atoms with Crippen LogP contribution in [0.3, 0.4) is 0 Å². The van der Waals surface area contributed by atoms with Crippen LogP contribution in [-0.4, -0.2) is 54.3 Å². The quantitative estimate of drug-likeness (QED) is 0.426. The van der Waals surface area contributed by atoms with Gasteiger partial charge in [-0.05, 0) is 29.5 Å². The van der Waals surface area contributed by atoms with E-state index < -0.39 is 19.9 Å². The Labute approximate surface area is 160 Å². The Balaban J connectivity index is 2.15. The van der Waals surface area contributed by atoms with Crippen LogP contribution in [-0.2, 0) is 19.9 Å². The third kappa shape index (κ3) is 3.84. The zero-order valence-electron chi connectivity index (χ0n) is 14.3. The second kappa shape index (κ2) is 7.23. The second-order valence-electron chi connectivity index (χ2n) is 5.61. The summed E-state index contributed by atoms with van der Waals surface area (Å²) in [4.78, 5) is 4.60. The molecule has 0 saturated carbocycles. The molecule has 28 heavy (non-hydrogen) atoms. The molecule has 0 radical (unpaired) electrons. The van der Waals surface area contributed by atoms with Gasteiger partial charge in [0.05, 0.1) is 10.6 Å². The van der Waals surface area contributed by atoms with E-state index in [1.165, 1.54) is 30.3 Å². The summed E-state index contributed by atoms with van der Waals surface area (Å²) < 4.78 is 48.5. The topological polar surface area (TPSA) is 203 Å². The van der Waals surface area contributed by atoms with Crippen LogP contribution in [0.2, 0.25) is 0 Å². The van der Waals surface area contributed by atoms with E-state index >= 15 is 0 Å². The molecule has 0 fully saturated rings. The lowest BCUT2D eigenvalue weighted by Gasteiger charge is -2.08. The summed E-state index contributed by atoms with van der Waals surface area (Å²) in [5.41, 5.74) is 11.1. The molecular weight excluding hydrogens is 408 g/mol. The maximum Gasteiger partial charge on any atom is 0.238 e. The highest BCUT2D eigenvalue weighted by Crippen LogP contribution is 2.24. The largest absolute Gasteiger partial charge is 0.384 e. The van der Waals surface area contributed by atoms with Crippen LogP contribution in [0.4, 0.5) is 5.82 Å². The fourth-order valence-corrected chi connectivity index (χ4v) is 4.35. The highest BCUT2D eigenvalue weighted by Gasteiger charge is 2.24. The van der Waals surface area contributed by atoms with Crippen molar-refractivity contribution >= 4 is 25.7 Å². The number of nitrogens with zero attached hydrogens (tertiary/aromatic N) is 5. The van der Waals surface area contributed by atoms with Gasteiger partial charge in [0.25, 0.3) is 0 Å². The molecule has 0 atom stereocenters. The van der Waals surface area contributed by atoms with E-state index in [0.29, 0.717) is 0 Å². The summed E-state index contributed by atoms with van der Waals surface area (Å²) in [5.74, 6) is -0.436. The molecule has 0 bridgehead atoms. The first kappa shape index (κ1) is 19.8. The average molecular weight is 424 g/mol. The first-order valence-corrected chi connectivity index (χ1v) is 11.0. The van der Waals surface area contributed by atoms with Crippen LogP contribution < -0.4 is 16.6 Å². The van der Waals surface area contributed by atoms with Gasteiger partial charge in [-0.1, -0.05) is 12.1 Å². The van der Waals surface area contributed by atoms with Crippen molar-refractivity contribution in [3.8, 4) is 17.1 Å². The van der Waals surface area contributed by atoms with Crippen molar-refractivity contribution in [2.75, 3.05) is 18.0 Å². The van der Waals surface area contributed by atoms with E-state index in [9.17, 15) is 16.8 Å². The van der Waals surface area contributed by atoms with Crippen LogP contribution in [0.25, 0.3) is 17.1 Å². The maximum absolute atomic E-state index is 12.5. The number of tetrazole rings is 1. The molecule has 0 spiro atoms. The van der Waals surface area contributed by atoms with Crippen LogP contribution in [0.15, 0.2) is 46.3 Å². The Kier molecular flexibility index (Phi) is 5.12. The van der Waals surface area contributed by atoms with Crippen molar-refractivity contribution in [1.29, 1.82) is 0 Å². The van der Waals surface area contributed by atoms with Gasteiger partial charge in [0.2, 0.25) is 15.8 Å². The zero-order valence-corrected chi connectivity index (χ0v) is 15.9. The first-order valence-electron chi connectivity index (χ1n) is 7.75. The van der Waals surface area contributed by atoms with Crippen LogP contribution in [0.5, 0.6) is 0 Å². The third-order valence-electron chi connectivity index (χ3n) is 3.61. The van der Waals surface area contributed by atoms with Gasteiger partial charge in [-0.3, -0.25) is 0 Å². The maximum atomic E-state index is 12.5. The van der Waals surface area contributed by atoms with E-state index in [4.69, 9.17) is 16.6 Å². The lowest BCUT2D eigenvalue weighted by Crippen LogP contribution is -2.20. The van der Waals surface area contributed by atoms with Crippen molar-refractivity contribution in [1.82, 2.24) is 25.2 Å². The minimum absolute atomic E-state index is 0.00510. The van der Waals surface area contributed by atoms with Gasteiger partial charge in [0, 0.05) is 12.1 Å². The number of hydrogen-bond acceptors (Lipinski definition) is 10. The smallest absolute Gasteiger partial charge is 0.238 e. The third-order valence-corrected chi connectivity index (χ3v) is 6.24. The highest BCUT2D eigenvalue weighted by molar-refractivity contribution is 7.91. The van der Waals surface area contributed by atoms with Crippen molar-refractivity contribution in [2.45, 2.75) is 9.92 Å². The highest BCUT2D eigenvalue weighted by atomic mass is 32.2. The van der Waals surface area contributed by atoms with Gasteiger partial charge in [-0.25, -0.2) is 27.0 Å². The second-order valence-corrected chi connectivity index (χ2v) is 9.17. The summed E-state index contributed by atoms with van der Waals surface area (Å²) in [6, 6.07) is 8.56. The summed E-state index contributed by atoms with van der Waals surface area (Å²) in [6.07, 6.45) is 0. The molecule has 3 aromatic rings. The Bertz CT molecular complexity index is 1240. The van der Waals surface area contributed by atoms with Gasteiger partial charge in [0.15, 0.2) is 14.9 Å². The lowest BCUT2D eigenvalue weighted by molar-refractivity contribution is 0.588. The summed E-state index contributed by atoms with van der Waals surface area (Å²) in [5, 5.41) is 16.6. The van der Waals surface area contributed by atoms with Gasteiger partial charge in [-0.2, -0.15) is 0 Å². The number of rotatable bonds is 6. The minimum Gasteiger partial charge on any atom is -0.384 e. The number of anilines is 1. The lowest BCUT2D eigenvalue weighted by atomic mass is 10.2. The SMILES string of the molecule is NCCS(=O)(=O)c1nc(N)ccc1-n1nnc(-c2ccccc2S(N)(=O)=O)n1. The van der Waals surface area contributed by atoms with Gasteiger partial charge in [0.1, 0.15) is 11.5 Å². The Morgan fingerprint density at radius 1 is 1.04 bits per heavy atom. The molecule has 2 aromatic heterocycles. The van der Waals surface area contributed by atoms with Crippen molar-refractivity contribution in [2.24, 2.45) is 10.9 Å². The predicted molar refractivity (Wildman–Crippen MR) is 99.3 cm³/mol. The first-order chi connectivity index (χ1) is 13.1. The number of aromatic nitrogens is 5. The fourth-order valence-electron chi connectivity index (χ4n) is 2.40. The molecule has 3 rings (SSSR count). The number of nitrogens with two attached hydrogens (primary N) is 3. The molecule has 6 N–H and O–H groups in total. The van der Waals surface area contributed by atoms with Gasteiger partial charge < -0.3 is 11.5 Å². The van der Waals surface area contributed by atoms with E-state index in [1.807, 2.05) is 0 Å². The standard InChI is InChI=1S/C14H16N8O4S2/c15-7-8-27(23,24)14-10(5-6-12(16)18-14)22-20-13(19-21-22)9-3-1-2-4-11(9)28(17,25)26/h1-6H,7-8,15H2,(H2,16,18)(H2,17,25,26). The van der Waals surface area contributed by atoms with Crippen molar-refractivity contribution < 1.29 is 16.8 Å². The van der Waals surface area contributed by atoms with Crippen molar-refractivity contribution in [3.63, 3.8) is 0 Å². The van der Waals surface area contributed by atoms with E-state index in [1.54, 1.807) is 6.07 Å². The Hall–Kier alpha value is -2.94. The number of primary sulfonamides is 1. The number of pyridine rings is 1. The molecule has 0 saturated heterocycles. The number of sulfone groups is 1. The predicted octanol–water partition coefficient (Wildman–Crippen LogP) is -1.31. The molecule has 0 aliphatic heterocycles. The molecular formula is C14H16N8O4S2. The van der Waals surface area contributed by atoms with Crippen LogP contribution >= 0.6 is 0 Å². The molecule has 148 valence electrons. The molecule has 12 nitrogen and oxygen atoms in total. The zero-order chi connectivity index (χ0) is 20.5. The van der Waals surface area contributed by atoms with Gasteiger partial charge >= 0.3 is 0 Å². The normalized spacial score (nSPS) is 12.2. The fraction of sp³-hybridized carbons (Fsp3) is 0.143. The molecule has 0 unspecified atom stereocenters. The molecule has 1 aromatic carbocycles. The monoisotopic (exact) mass is 424 g/mol. The molecule has 0 amide bonds. The summed E-state index contributed by atoms with van der Waals surface area (Å²) >= 11 is 0. The van der Waals surface area contributed by atoms with E-state index in [0.717, 1.165) is 4.80 Å². The Morgan fingerprint density at radius 3 is 2.43 bits per heavy atom. The molecule has 2 heterocycles. The number of nitrogen functional groups attached to an aromatic ring is 1. The minimum atomic E-state index is -4.04. The number of sulfonamides is 1. The molecule has 14 heteroatoms. The molecule has 0 aliphatic carbocycles. The average Bonchev–Trinajstić information content (AvgIpc) is 3.11. The van der Waals surface area contributed by atoms with E-state index in [2.05, 4.69) is 20.4 Å². The molecule has 0 aliphatic rings. The van der Waals surface area contributed by atoms with Crippen molar-refractivity contribution in [3.05, 3.63) is 36.4 Å².